The summed E-state index contributed by atoms with van der Waals surface area (Å²) in [6.45, 7) is 3.71. The van der Waals surface area contributed by atoms with Crippen molar-refractivity contribution in [3.8, 4) is 5.69 Å². The number of nitrogens with zero attached hydrogens (tertiary/aromatic N) is 4. The van der Waals surface area contributed by atoms with Gasteiger partial charge < -0.3 is 5.11 Å². The Morgan fingerprint density at radius 1 is 1.13 bits per heavy atom. The van der Waals surface area contributed by atoms with Crippen LogP contribution in [0.4, 0.5) is 5.69 Å². The van der Waals surface area contributed by atoms with Gasteiger partial charge in [-0.05, 0) is 48.0 Å². The second-order valence-electron chi connectivity index (χ2n) is 7.68. The van der Waals surface area contributed by atoms with Gasteiger partial charge in [-0.2, -0.15) is 0 Å². The van der Waals surface area contributed by atoms with Gasteiger partial charge in [0.2, 0.25) is 5.65 Å². The Bertz CT molecular complexity index is 1350. The molecular formula is C21H20ClN5O3S. The summed E-state index contributed by atoms with van der Waals surface area (Å²) in [5.74, 6) is 0. The molecule has 0 aliphatic heterocycles. The number of hydrogen-bond acceptors (Lipinski definition) is 6. The van der Waals surface area contributed by atoms with E-state index >= 15 is 0 Å². The topological polar surface area (TPSA) is 110 Å². The first-order chi connectivity index (χ1) is 14.7. The van der Waals surface area contributed by atoms with Gasteiger partial charge in [-0.15, -0.1) is 5.10 Å². The van der Waals surface area contributed by atoms with E-state index in [2.05, 4.69) is 20.0 Å². The van der Waals surface area contributed by atoms with Gasteiger partial charge in [0, 0.05) is 16.6 Å². The van der Waals surface area contributed by atoms with E-state index in [1.807, 2.05) is 13.8 Å². The highest BCUT2D eigenvalue weighted by atomic mass is 35.5. The number of aliphatic hydroxyl groups excluding tert-OH is 1. The predicted molar refractivity (Wildman–Crippen MR) is 119 cm³/mol. The van der Waals surface area contributed by atoms with Crippen molar-refractivity contribution in [2.45, 2.75) is 24.2 Å². The molecule has 31 heavy (non-hydrogen) atoms. The first-order valence-corrected chi connectivity index (χ1v) is 11.3. The monoisotopic (exact) mass is 457 g/mol. The smallest absolute Gasteiger partial charge is 0.261 e. The minimum absolute atomic E-state index is 0.0494. The number of benzene rings is 2. The van der Waals surface area contributed by atoms with Gasteiger partial charge in [0.1, 0.15) is 5.52 Å². The molecule has 0 aliphatic carbocycles. The summed E-state index contributed by atoms with van der Waals surface area (Å²) in [5.41, 5.74) is 2.12. The van der Waals surface area contributed by atoms with Gasteiger partial charge in [-0.1, -0.05) is 42.8 Å². The van der Waals surface area contributed by atoms with Crippen molar-refractivity contribution in [1.82, 2.24) is 20.0 Å². The Labute approximate surface area is 184 Å². The van der Waals surface area contributed by atoms with E-state index in [1.54, 1.807) is 48.7 Å². The summed E-state index contributed by atoms with van der Waals surface area (Å²) in [5, 5.41) is 18.1. The molecule has 0 radical (unpaired) electrons. The van der Waals surface area contributed by atoms with Crippen LogP contribution in [0.5, 0.6) is 0 Å². The Balaban J connectivity index is 1.73. The van der Waals surface area contributed by atoms with Crippen LogP contribution in [0.15, 0.2) is 65.7 Å². The van der Waals surface area contributed by atoms with Crippen molar-refractivity contribution >= 4 is 38.5 Å². The maximum absolute atomic E-state index is 13.1. The number of rotatable bonds is 6. The second kappa shape index (κ2) is 7.92. The van der Waals surface area contributed by atoms with Crippen molar-refractivity contribution in [2.24, 2.45) is 0 Å². The fourth-order valence-electron chi connectivity index (χ4n) is 3.09. The van der Waals surface area contributed by atoms with Crippen molar-refractivity contribution < 1.29 is 13.5 Å². The number of hydrogen-bond donors (Lipinski definition) is 2. The number of sulfonamides is 1. The van der Waals surface area contributed by atoms with E-state index in [4.69, 9.17) is 11.6 Å². The predicted octanol–water partition coefficient (Wildman–Crippen LogP) is 3.54. The van der Waals surface area contributed by atoms with Crippen LogP contribution >= 0.6 is 11.6 Å². The highest BCUT2D eigenvalue weighted by molar-refractivity contribution is 7.92. The van der Waals surface area contributed by atoms with E-state index in [0.717, 1.165) is 5.56 Å². The number of fused-ring (bicyclic) bond motifs is 1. The molecule has 160 valence electrons. The zero-order chi connectivity index (χ0) is 22.2. The van der Waals surface area contributed by atoms with Crippen LogP contribution in [-0.4, -0.2) is 40.1 Å². The van der Waals surface area contributed by atoms with Crippen LogP contribution in [0.25, 0.3) is 16.9 Å². The zero-order valence-corrected chi connectivity index (χ0v) is 18.4. The molecular weight excluding hydrogens is 438 g/mol. The molecule has 4 rings (SSSR count). The maximum Gasteiger partial charge on any atom is 0.261 e. The lowest BCUT2D eigenvalue weighted by atomic mass is 9.86. The summed E-state index contributed by atoms with van der Waals surface area (Å²) < 4.78 is 30.2. The minimum atomic E-state index is -3.89. The lowest BCUT2D eigenvalue weighted by Gasteiger charge is -2.22. The summed E-state index contributed by atoms with van der Waals surface area (Å²) in [7, 11) is -3.89. The molecule has 0 saturated carbocycles. The number of nitrogens with one attached hydrogen (secondary N) is 1. The first-order valence-electron chi connectivity index (χ1n) is 9.42. The van der Waals surface area contributed by atoms with Crippen LogP contribution in [0.3, 0.4) is 0 Å². The molecule has 8 nitrogen and oxygen atoms in total. The van der Waals surface area contributed by atoms with Gasteiger partial charge in [0.05, 0.1) is 22.9 Å². The first kappa shape index (κ1) is 21.2. The molecule has 0 spiro atoms. The Hall–Kier alpha value is -3.01. The molecule has 0 fully saturated rings. The number of aromatic nitrogens is 4. The summed E-state index contributed by atoms with van der Waals surface area (Å²) in [6, 6.07) is 14.7. The average Bonchev–Trinajstić information content (AvgIpc) is 3.19. The Kier molecular flexibility index (Phi) is 5.42. The van der Waals surface area contributed by atoms with Gasteiger partial charge in [-0.3, -0.25) is 4.72 Å². The number of anilines is 1. The van der Waals surface area contributed by atoms with Crippen LogP contribution in [0, 0.1) is 0 Å². The second-order valence-corrected chi connectivity index (χ2v) is 9.80. The molecule has 0 unspecified atom stereocenters. The standard InChI is InChI=1S/C21H20ClN5O3S/c1-21(2,13-28)14-5-8-16(9-6-14)31(29,30)25-17-10-7-15(22)12-19(17)27-18-4-3-11-23-20(18)24-26-27/h3-12,25,28H,13H2,1-2H3. The lowest BCUT2D eigenvalue weighted by Crippen LogP contribution is -2.22. The summed E-state index contributed by atoms with van der Waals surface area (Å²) >= 11 is 6.17. The summed E-state index contributed by atoms with van der Waals surface area (Å²) in [6.07, 6.45) is 1.60. The van der Waals surface area contributed by atoms with Crippen molar-refractivity contribution in [3.05, 3.63) is 71.4 Å². The highest BCUT2D eigenvalue weighted by Gasteiger charge is 2.22. The lowest BCUT2D eigenvalue weighted by molar-refractivity contribution is 0.218. The van der Waals surface area contributed by atoms with Crippen molar-refractivity contribution in [2.75, 3.05) is 11.3 Å². The molecule has 2 aromatic heterocycles. The van der Waals surface area contributed by atoms with Crippen LogP contribution in [0.1, 0.15) is 19.4 Å². The van der Waals surface area contributed by atoms with Gasteiger partial charge in [0.15, 0.2) is 0 Å². The van der Waals surface area contributed by atoms with Gasteiger partial charge >= 0.3 is 0 Å². The van der Waals surface area contributed by atoms with E-state index in [0.29, 0.717) is 27.6 Å². The van der Waals surface area contributed by atoms with E-state index in [-0.39, 0.29) is 11.5 Å². The van der Waals surface area contributed by atoms with E-state index < -0.39 is 15.4 Å². The molecule has 4 aromatic rings. The Morgan fingerprint density at radius 2 is 1.87 bits per heavy atom. The maximum atomic E-state index is 13.1. The van der Waals surface area contributed by atoms with Crippen molar-refractivity contribution in [1.29, 1.82) is 0 Å². The highest BCUT2D eigenvalue weighted by Crippen LogP contribution is 2.29. The third kappa shape index (κ3) is 4.12. The normalized spacial score (nSPS) is 12.3. The minimum Gasteiger partial charge on any atom is -0.395 e. The van der Waals surface area contributed by atoms with Crippen molar-refractivity contribution in [3.63, 3.8) is 0 Å². The molecule has 2 aromatic carbocycles. The fraction of sp³-hybridized carbons (Fsp3) is 0.190. The van der Waals surface area contributed by atoms with Crippen LogP contribution in [-0.2, 0) is 15.4 Å². The van der Waals surface area contributed by atoms with Crippen LogP contribution < -0.4 is 4.72 Å². The molecule has 0 aliphatic rings. The van der Waals surface area contributed by atoms with E-state index in [1.165, 1.54) is 16.8 Å². The molecule has 10 heteroatoms. The third-order valence-corrected chi connectivity index (χ3v) is 6.61. The average molecular weight is 458 g/mol. The Morgan fingerprint density at radius 3 is 2.58 bits per heavy atom. The van der Waals surface area contributed by atoms with Crippen LogP contribution in [0.2, 0.25) is 5.02 Å². The SMILES string of the molecule is CC(C)(CO)c1ccc(S(=O)(=O)Nc2ccc(Cl)cc2-n2nnc3ncccc32)cc1. The quantitative estimate of drug-likeness (QED) is 0.458. The molecule has 0 bridgehead atoms. The van der Waals surface area contributed by atoms with Gasteiger partial charge in [0.25, 0.3) is 10.0 Å². The molecule has 0 atom stereocenters. The molecule has 2 heterocycles. The number of pyridine rings is 1. The third-order valence-electron chi connectivity index (χ3n) is 5.00. The molecule has 0 saturated heterocycles. The number of halogens is 1. The largest absolute Gasteiger partial charge is 0.395 e. The number of aliphatic hydroxyl groups is 1. The summed E-state index contributed by atoms with van der Waals surface area (Å²) in [4.78, 5) is 4.25. The zero-order valence-electron chi connectivity index (χ0n) is 16.8. The van der Waals surface area contributed by atoms with Gasteiger partial charge in [-0.25, -0.2) is 18.1 Å². The molecule has 0 amide bonds. The van der Waals surface area contributed by atoms with E-state index in [9.17, 15) is 13.5 Å². The molecule has 2 N–H and O–H groups in total. The fourth-order valence-corrected chi connectivity index (χ4v) is 4.33.